The van der Waals surface area contributed by atoms with Crippen LogP contribution in [0.15, 0.2) is 84.9 Å². The molecule has 0 saturated carbocycles. The summed E-state index contributed by atoms with van der Waals surface area (Å²) >= 11 is 0. The molecule has 132 valence electrons. The van der Waals surface area contributed by atoms with E-state index in [0.717, 1.165) is 0 Å². The second kappa shape index (κ2) is 7.89. The normalized spacial score (nSPS) is 10.8. The standard InChI is InChI=1S/C20H17O5P/c1-16(21)17-12-14-20(15-13-17)25-26(22,23-18-8-4-2-5-9-18)24-19-10-6-3-7-11-19/h2-15H,1H3. The van der Waals surface area contributed by atoms with Crippen molar-refractivity contribution in [2.45, 2.75) is 6.92 Å². The number of carbonyl (C=O) groups is 1. The van der Waals surface area contributed by atoms with Gasteiger partial charge in [-0.15, -0.1) is 0 Å². The maximum Gasteiger partial charge on any atom is 0.647 e. The molecule has 26 heavy (non-hydrogen) atoms. The second-order valence-electron chi connectivity index (χ2n) is 5.43. The summed E-state index contributed by atoms with van der Waals surface area (Å²) in [5, 5.41) is 0. The molecule has 0 aromatic heterocycles. The van der Waals surface area contributed by atoms with Crippen molar-refractivity contribution in [1.29, 1.82) is 0 Å². The second-order valence-corrected chi connectivity index (χ2v) is 6.87. The van der Waals surface area contributed by atoms with Gasteiger partial charge in [0.1, 0.15) is 17.2 Å². The number of para-hydroxylation sites is 2. The number of hydrogen-bond donors (Lipinski definition) is 0. The monoisotopic (exact) mass is 368 g/mol. The Morgan fingerprint density at radius 1 is 0.654 bits per heavy atom. The van der Waals surface area contributed by atoms with Crippen LogP contribution in [-0.2, 0) is 4.57 Å². The van der Waals surface area contributed by atoms with Crippen LogP contribution in [0.5, 0.6) is 17.2 Å². The van der Waals surface area contributed by atoms with Gasteiger partial charge in [0.2, 0.25) is 0 Å². The third-order valence-corrected chi connectivity index (χ3v) is 4.70. The Labute approximate surface area is 151 Å². The average molecular weight is 368 g/mol. The van der Waals surface area contributed by atoms with Crippen molar-refractivity contribution < 1.29 is 22.9 Å². The van der Waals surface area contributed by atoms with Crippen LogP contribution >= 0.6 is 7.82 Å². The first-order valence-corrected chi connectivity index (χ1v) is 9.40. The highest BCUT2D eigenvalue weighted by molar-refractivity contribution is 7.49. The summed E-state index contributed by atoms with van der Waals surface area (Å²) in [7, 11) is -4.01. The molecule has 0 aliphatic heterocycles. The third-order valence-electron chi connectivity index (χ3n) is 3.40. The molecule has 0 spiro atoms. The van der Waals surface area contributed by atoms with E-state index in [2.05, 4.69) is 0 Å². The van der Waals surface area contributed by atoms with Crippen molar-refractivity contribution in [2.75, 3.05) is 0 Å². The molecule has 6 heteroatoms. The van der Waals surface area contributed by atoms with Gasteiger partial charge in [0.05, 0.1) is 0 Å². The van der Waals surface area contributed by atoms with Crippen LogP contribution in [0.1, 0.15) is 17.3 Å². The maximum atomic E-state index is 13.2. The molecule has 0 heterocycles. The van der Waals surface area contributed by atoms with Crippen molar-refractivity contribution in [2.24, 2.45) is 0 Å². The van der Waals surface area contributed by atoms with Crippen molar-refractivity contribution in [3.63, 3.8) is 0 Å². The van der Waals surface area contributed by atoms with E-state index in [1.54, 1.807) is 72.8 Å². The topological polar surface area (TPSA) is 61.8 Å². The van der Waals surface area contributed by atoms with Gasteiger partial charge < -0.3 is 13.6 Å². The highest BCUT2D eigenvalue weighted by Crippen LogP contribution is 2.49. The van der Waals surface area contributed by atoms with Crippen LogP contribution in [0.25, 0.3) is 0 Å². The summed E-state index contributed by atoms with van der Waals surface area (Å²) in [5.41, 5.74) is 0.528. The fourth-order valence-corrected chi connectivity index (χ4v) is 3.41. The lowest BCUT2D eigenvalue weighted by atomic mass is 10.1. The summed E-state index contributed by atoms with van der Waals surface area (Å²) in [6.45, 7) is 1.47. The summed E-state index contributed by atoms with van der Waals surface area (Å²) in [5.74, 6) is 0.908. The van der Waals surface area contributed by atoms with Crippen LogP contribution in [-0.4, -0.2) is 5.78 Å². The lowest BCUT2D eigenvalue weighted by Gasteiger charge is -2.19. The molecule has 0 fully saturated rings. The summed E-state index contributed by atoms with van der Waals surface area (Å²) < 4.78 is 29.8. The number of hydrogen-bond acceptors (Lipinski definition) is 5. The molecule has 3 rings (SSSR count). The molecule has 0 aliphatic carbocycles. The Balaban J connectivity index is 1.86. The Hall–Kier alpha value is -3.04. The predicted molar refractivity (Wildman–Crippen MR) is 98.8 cm³/mol. The molecule has 0 radical (unpaired) electrons. The van der Waals surface area contributed by atoms with Crippen LogP contribution in [0.4, 0.5) is 0 Å². The zero-order valence-corrected chi connectivity index (χ0v) is 15.0. The van der Waals surface area contributed by atoms with Crippen molar-refractivity contribution >= 4 is 13.6 Å². The largest absolute Gasteiger partial charge is 0.647 e. The van der Waals surface area contributed by atoms with E-state index in [4.69, 9.17) is 13.6 Å². The lowest BCUT2D eigenvalue weighted by molar-refractivity contribution is 0.101. The molecule has 0 atom stereocenters. The van der Waals surface area contributed by atoms with Gasteiger partial charge in [-0.25, -0.2) is 0 Å². The molecule has 3 aromatic rings. The molecular formula is C20H17O5P. The Morgan fingerprint density at radius 2 is 1.04 bits per heavy atom. The predicted octanol–water partition coefficient (Wildman–Crippen LogP) is 5.53. The molecule has 0 unspecified atom stereocenters. The van der Waals surface area contributed by atoms with Crippen LogP contribution in [0.3, 0.4) is 0 Å². The van der Waals surface area contributed by atoms with Gasteiger partial charge in [0.25, 0.3) is 0 Å². The van der Waals surface area contributed by atoms with E-state index in [1.165, 1.54) is 6.92 Å². The van der Waals surface area contributed by atoms with Crippen LogP contribution < -0.4 is 13.6 Å². The van der Waals surface area contributed by atoms with Gasteiger partial charge in [-0.2, -0.15) is 4.57 Å². The summed E-state index contributed by atoms with van der Waals surface area (Å²) in [6, 6.07) is 23.5. The quantitative estimate of drug-likeness (QED) is 0.405. The average Bonchev–Trinajstić information content (AvgIpc) is 2.63. The first kappa shape index (κ1) is 17.8. The molecule has 0 saturated heterocycles. The minimum Gasteiger partial charge on any atom is -0.386 e. The van der Waals surface area contributed by atoms with Crippen molar-refractivity contribution in [3.8, 4) is 17.2 Å². The number of phosphoric acid groups is 1. The smallest absolute Gasteiger partial charge is 0.386 e. The van der Waals surface area contributed by atoms with Gasteiger partial charge in [-0.1, -0.05) is 36.4 Å². The van der Waals surface area contributed by atoms with E-state index in [9.17, 15) is 9.36 Å². The van der Waals surface area contributed by atoms with E-state index >= 15 is 0 Å². The number of Topliss-reactive ketones (excluding diaryl/α,β-unsaturated/α-hetero) is 1. The zero-order chi connectivity index (χ0) is 18.4. The Kier molecular flexibility index (Phi) is 5.40. The Morgan fingerprint density at radius 3 is 1.42 bits per heavy atom. The highest BCUT2D eigenvalue weighted by Gasteiger charge is 2.33. The fraction of sp³-hybridized carbons (Fsp3) is 0.0500. The fourth-order valence-electron chi connectivity index (χ4n) is 2.16. The molecule has 0 N–H and O–H groups in total. The van der Waals surface area contributed by atoms with Gasteiger partial charge in [0.15, 0.2) is 5.78 Å². The number of ketones is 1. The molecular weight excluding hydrogens is 351 g/mol. The number of rotatable bonds is 7. The van der Waals surface area contributed by atoms with Gasteiger partial charge >= 0.3 is 7.82 Å². The molecule has 0 aliphatic rings. The number of phosphoric ester groups is 1. The van der Waals surface area contributed by atoms with Gasteiger partial charge in [-0.3, -0.25) is 4.79 Å². The van der Waals surface area contributed by atoms with Crippen molar-refractivity contribution in [1.82, 2.24) is 0 Å². The highest BCUT2D eigenvalue weighted by atomic mass is 31.2. The lowest BCUT2D eigenvalue weighted by Crippen LogP contribution is -2.07. The summed E-state index contributed by atoms with van der Waals surface area (Å²) in [4.78, 5) is 11.4. The zero-order valence-electron chi connectivity index (χ0n) is 14.1. The molecule has 3 aromatic carbocycles. The van der Waals surface area contributed by atoms with E-state index in [-0.39, 0.29) is 11.5 Å². The minimum atomic E-state index is -4.01. The minimum absolute atomic E-state index is 0.0687. The molecule has 5 nitrogen and oxygen atoms in total. The van der Waals surface area contributed by atoms with E-state index < -0.39 is 7.82 Å². The number of carbonyl (C=O) groups excluding carboxylic acids is 1. The summed E-state index contributed by atoms with van der Waals surface area (Å²) in [6.07, 6.45) is 0. The van der Waals surface area contributed by atoms with Crippen molar-refractivity contribution in [3.05, 3.63) is 90.5 Å². The van der Waals surface area contributed by atoms with E-state index in [1.807, 2.05) is 12.1 Å². The Bertz CT molecular complexity index is 862. The third kappa shape index (κ3) is 4.74. The number of benzene rings is 3. The maximum absolute atomic E-state index is 13.2. The van der Waals surface area contributed by atoms with E-state index in [0.29, 0.717) is 17.1 Å². The van der Waals surface area contributed by atoms with Gasteiger partial charge in [-0.05, 0) is 55.5 Å². The first-order chi connectivity index (χ1) is 12.5. The SMILES string of the molecule is CC(=O)c1ccc(OP(=O)(Oc2ccccc2)Oc2ccccc2)cc1. The molecule has 0 bridgehead atoms. The van der Waals surface area contributed by atoms with Crippen LogP contribution in [0.2, 0.25) is 0 Å². The van der Waals surface area contributed by atoms with Gasteiger partial charge in [0, 0.05) is 5.56 Å². The first-order valence-electron chi connectivity index (χ1n) is 7.94. The van der Waals surface area contributed by atoms with Crippen LogP contribution in [0, 0.1) is 0 Å². The molecule has 0 amide bonds.